The van der Waals surface area contributed by atoms with Crippen LogP contribution in [-0.2, 0) is 5.75 Å². The van der Waals surface area contributed by atoms with Crippen LogP contribution in [0.1, 0.15) is 22.2 Å². The maximum atomic E-state index is 5.65. The Morgan fingerprint density at radius 2 is 2.04 bits per heavy atom. The van der Waals surface area contributed by atoms with Gasteiger partial charge in [0.05, 0.1) is 12.0 Å². The largest absolute Gasteiger partial charge is 0.459 e. The molecule has 0 radical (unpaired) electrons. The van der Waals surface area contributed by atoms with Crippen LogP contribution in [0.4, 0.5) is 0 Å². The number of hydrogen-bond acceptors (Lipinski definition) is 8. The van der Waals surface area contributed by atoms with Crippen LogP contribution in [0.3, 0.4) is 0 Å². The van der Waals surface area contributed by atoms with Gasteiger partial charge in [-0.3, -0.25) is 0 Å². The summed E-state index contributed by atoms with van der Waals surface area (Å²) in [6.45, 7) is 6.13. The van der Waals surface area contributed by atoms with Crippen molar-refractivity contribution in [2.75, 3.05) is 0 Å². The van der Waals surface area contributed by atoms with Crippen LogP contribution >= 0.6 is 23.1 Å². The number of furan rings is 1. The molecule has 0 saturated heterocycles. The number of hydrogen-bond donors (Lipinski definition) is 0. The molecule has 0 bridgehead atoms. The lowest BCUT2D eigenvalue weighted by molar-refractivity contribution is 0.494. The van der Waals surface area contributed by atoms with E-state index in [1.54, 1.807) is 41.5 Å². The number of fused-ring (bicyclic) bond motifs is 1. The van der Waals surface area contributed by atoms with E-state index in [2.05, 4.69) is 34.0 Å². The number of thiophene rings is 1. The van der Waals surface area contributed by atoms with Gasteiger partial charge in [-0.25, -0.2) is 9.97 Å². The molecule has 4 aromatic rings. The third-order valence-electron chi connectivity index (χ3n) is 3.64. The van der Waals surface area contributed by atoms with Crippen LogP contribution < -0.4 is 0 Å². The van der Waals surface area contributed by atoms with Gasteiger partial charge in [0.25, 0.3) is 5.89 Å². The predicted octanol–water partition coefficient (Wildman–Crippen LogP) is 4.55. The first kappa shape index (κ1) is 15.3. The quantitative estimate of drug-likeness (QED) is 0.391. The zero-order valence-electron chi connectivity index (χ0n) is 13.4. The van der Waals surface area contributed by atoms with E-state index >= 15 is 0 Å². The van der Waals surface area contributed by atoms with Crippen molar-refractivity contribution in [3.63, 3.8) is 0 Å². The standard InChI is InChI=1S/C16H14N4O2S2/c1-8-9(2)24-16-13(8)15(17-10(3)18-16)23-7-12-19-20-14(22-12)11-5-4-6-21-11/h4-6H,7H2,1-3H3. The summed E-state index contributed by atoms with van der Waals surface area (Å²) >= 11 is 3.29. The molecule has 0 aliphatic heterocycles. The van der Waals surface area contributed by atoms with Crippen LogP contribution in [0.25, 0.3) is 21.9 Å². The highest BCUT2D eigenvalue weighted by Gasteiger charge is 2.16. The molecule has 0 N–H and O–H groups in total. The predicted molar refractivity (Wildman–Crippen MR) is 93.2 cm³/mol. The number of aryl methyl sites for hydroxylation is 3. The van der Waals surface area contributed by atoms with Crippen LogP contribution in [0, 0.1) is 20.8 Å². The Balaban J connectivity index is 1.61. The van der Waals surface area contributed by atoms with Crippen LogP contribution in [-0.4, -0.2) is 20.2 Å². The zero-order chi connectivity index (χ0) is 16.7. The highest BCUT2D eigenvalue weighted by molar-refractivity contribution is 7.98. The Bertz CT molecular complexity index is 1000. The average Bonchev–Trinajstić information content (AvgIpc) is 3.26. The van der Waals surface area contributed by atoms with Gasteiger partial charge in [0.15, 0.2) is 5.76 Å². The molecular formula is C16H14N4O2S2. The van der Waals surface area contributed by atoms with Gasteiger partial charge in [0, 0.05) is 10.3 Å². The highest BCUT2D eigenvalue weighted by atomic mass is 32.2. The van der Waals surface area contributed by atoms with E-state index in [9.17, 15) is 0 Å². The van der Waals surface area contributed by atoms with Gasteiger partial charge in [-0.15, -0.1) is 21.5 Å². The Labute approximate surface area is 146 Å². The third kappa shape index (κ3) is 2.71. The van der Waals surface area contributed by atoms with Gasteiger partial charge in [0.1, 0.15) is 15.7 Å². The summed E-state index contributed by atoms with van der Waals surface area (Å²) in [4.78, 5) is 11.4. The summed E-state index contributed by atoms with van der Waals surface area (Å²) in [6, 6.07) is 3.58. The van der Waals surface area contributed by atoms with Crippen LogP contribution in [0.5, 0.6) is 0 Å². The van der Waals surface area contributed by atoms with E-state index in [0.717, 1.165) is 21.1 Å². The van der Waals surface area contributed by atoms with Gasteiger partial charge in [-0.05, 0) is 38.5 Å². The topological polar surface area (TPSA) is 77.8 Å². The van der Waals surface area contributed by atoms with E-state index in [1.807, 2.05) is 6.92 Å². The molecule has 0 atom stereocenters. The Morgan fingerprint density at radius 3 is 2.83 bits per heavy atom. The SMILES string of the molecule is Cc1nc(SCc2nnc(-c3ccco3)o2)c2c(C)c(C)sc2n1. The minimum atomic E-state index is 0.391. The van der Waals surface area contributed by atoms with Crippen molar-refractivity contribution in [1.82, 2.24) is 20.2 Å². The normalized spacial score (nSPS) is 11.5. The average molecular weight is 358 g/mol. The molecule has 4 heterocycles. The Morgan fingerprint density at radius 1 is 1.17 bits per heavy atom. The van der Waals surface area contributed by atoms with Crippen molar-refractivity contribution in [3.05, 3.63) is 40.6 Å². The minimum absolute atomic E-state index is 0.391. The minimum Gasteiger partial charge on any atom is -0.459 e. The molecular weight excluding hydrogens is 344 g/mol. The van der Waals surface area contributed by atoms with Crippen molar-refractivity contribution in [1.29, 1.82) is 0 Å². The van der Waals surface area contributed by atoms with Gasteiger partial charge < -0.3 is 8.83 Å². The van der Waals surface area contributed by atoms with Crippen molar-refractivity contribution < 1.29 is 8.83 Å². The molecule has 0 amide bonds. The van der Waals surface area contributed by atoms with Crippen molar-refractivity contribution in [2.24, 2.45) is 0 Å². The fourth-order valence-corrected chi connectivity index (χ4v) is 4.47. The second-order valence-corrected chi connectivity index (χ2v) is 7.47. The fraction of sp³-hybridized carbons (Fsp3) is 0.250. The summed E-state index contributed by atoms with van der Waals surface area (Å²) in [5.41, 5.74) is 1.24. The van der Waals surface area contributed by atoms with Crippen molar-refractivity contribution in [3.8, 4) is 11.7 Å². The van der Waals surface area contributed by atoms with Crippen LogP contribution in [0.15, 0.2) is 32.3 Å². The third-order valence-corrected chi connectivity index (χ3v) is 5.70. The monoisotopic (exact) mass is 358 g/mol. The second kappa shape index (κ2) is 6.03. The van der Waals surface area contributed by atoms with Gasteiger partial charge >= 0.3 is 0 Å². The fourth-order valence-electron chi connectivity index (χ4n) is 2.36. The Hall–Kier alpha value is -2.19. The summed E-state index contributed by atoms with van der Waals surface area (Å²) in [5.74, 6) is 2.83. The number of rotatable bonds is 4. The summed E-state index contributed by atoms with van der Waals surface area (Å²) in [5, 5.41) is 10.2. The number of thioether (sulfide) groups is 1. The molecule has 122 valence electrons. The molecule has 6 nitrogen and oxygen atoms in total. The van der Waals surface area contributed by atoms with E-state index < -0.39 is 0 Å². The summed E-state index contributed by atoms with van der Waals surface area (Å²) in [7, 11) is 0. The van der Waals surface area contributed by atoms with Gasteiger partial charge in [0.2, 0.25) is 5.89 Å². The number of aromatic nitrogens is 4. The molecule has 0 saturated carbocycles. The Kier molecular flexibility index (Phi) is 3.85. The molecule has 0 aliphatic carbocycles. The molecule has 8 heteroatoms. The van der Waals surface area contributed by atoms with Crippen LogP contribution in [0.2, 0.25) is 0 Å². The van der Waals surface area contributed by atoms with E-state index in [1.165, 1.54) is 10.4 Å². The molecule has 24 heavy (non-hydrogen) atoms. The molecule has 0 fully saturated rings. The lowest BCUT2D eigenvalue weighted by Crippen LogP contribution is -1.92. The second-order valence-electron chi connectivity index (χ2n) is 5.31. The lowest BCUT2D eigenvalue weighted by Gasteiger charge is -2.03. The molecule has 4 aromatic heterocycles. The molecule has 0 aliphatic rings. The first-order valence-corrected chi connectivity index (χ1v) is 9.15. The van der Waals surface area contributed by atoms with Crippen molar-refractivity contribution in [2.45, 2.75) is 31.6 Å². The summed E-state index contributed by atoms with van der Waals surface area (Å²) in [6.07, 6.45) is 1.58. The van der Waals surface area contributed by atoms with Gasteiger partial charge in [-0.2, -0.15) is 0 Å². The zero-order valence-corrected chi connectivity index (χ0v) is 15.0. The van der Waals surface area contributed by atoms with E-state index in [-0.39, 0.29) is 0 Å². The lowest BCUT2D eigenvalue weighted by atomic mass is 10.2. The van der Waals surface area contributed by atoms with Crippen molar-refractivity contribution >= 4 is 33.3 Å². The molecule has 0 unspecified atom stereocenters. The maximum Gasteiger partial charge on any atom is 0.283 e. The first-order chi connectivity index (χ1) is 11.6. The van der Waals surface area contributed by atoms with E-state index in [0.29, 0.717) is 23.3 Å². The number of nitrogens with zero attached hydrogens (tertiary/aromatic N) is 4. The van der Waals surface area contributed by atoms with E-state index in [4.69, 9.17) is 8.83 Å². The first-order valence-electron chi connectivity index (χ1n) is 7.35. The van der Waals surface area contributed by atoms with Gasteiger partial charge in [-0.1, -0.05) is 11.8 Å². The molecule has 4 rings (SSSR count). The molecule has 0 spiro atoms. The molecule has 0 aromatic carbocycles. The smallest absolute Gasteiger partial charge is 0.283 e. The maximum absolute atomic E-state index is 5.65. The summed E-state index contributed by atoms with van der Waals surface area (Å²) < 4.78 is 10.9. The highest BCUT2D eigenvalue weighted by Crippen LogP contribution is 2.36.